The first kappa shape index (κ1) is 13.4. The third kappa shape index (κ3) is 3.23. The van der Waals surface area contributed by atoms with Gasteiger partial charge in [-0.15, -0.1) is 0 Å². The Labute approximate surface area is 107 Å². The Balaban J connectivity index is 2.05. The largest absolute Gasteiger partial charge is 0.311 e. The summed E-state index contributed by atoms with van der Waals surface area (Å²) >= 11 is 0. The van der Waals surface area contributed by atoms with Gasteiger partial charge >= 0.3 is 0 Å². The molecule has 1 heterocycles. The second kappa shape index (κ2) is 6.19. The van der Waals surface area contributed by atoms with Gasteiger partial charge in [0.05, 0.1) is 0 Å². The predicted molar refractivity (Wildman–Crippen MR) is 74.3 cm³/mol. The zero-order chi connectivity index (χ0) is 12.3. The Morgan fingerprint density at radius 1 is 1.12 bits per heavy atom. The number of hydrogen-bond acceptors (Lipinski definition) is 2. The Morgan fingerprint density at radius 2 is 1.88 bits per heavy atom. The van der Waals surface area contributed by atoms with Crippen LogP contribution in [-0.4, -0.2) is 36.1 Å². The summed E-state index contributed by atoms with van der Waals surface area (Å²) in [5.41, 5.74) is 0. The lowest BCUT2D eigenvalue weighted by molar-refractivity contribution is 0.0519. The van der Waals surface area contributed by atoms with Gasteiger partial charge in [-0.1, -0.05) is 33.1 Å². The van der Waals surface area contributed by atoms with E-state index >= 15 is 0 Å². The van der Waals surface area contributed by atoms with Crippen molar-refractivity contribution in [2.45, 2.75) is 77.4 Å². The topological polar surface area (TPSA) is 15.3 Å². The lowest BCUT2D eigenvalue weighted by Crippen LogP contribution is -2.59. The molecule has 100 valence electrons. The Bertz CT molecular complexity index is 229. The molecule has 2 nitrogen and oxygen atoms in total. The summed E-state index contributed by atoms with van der Waals surface area (Å²) in [6, 6.07) is 2.30. The molecule has 17 heavy (non-hydrogen) atoms. The summed E-state index contributed by atoms with van der Waals surface area (Å²) in [4.78, 5) is 2.84. The van der Waals surface area contributed by atoms with Crippen LogP contribution in [0.2, 0.25) is 0 Å². The quantitative estimate of drug-likeness (QED) is 0.744. The summed E-state index contributed by atoms with van der Waals surface area (Å²) in [6.45, 7) is 9.61. The molecular weight excluding hydrogens is 208 g/mol. The molecule has 1 saturated heterocycles. The zero-order valence-electron chi connectivity index (χ0n) is 11.9. The molecule has 0 spiro atoms. The highest BCUT2D eigenvalue weighted by Gasteiger charge is 2.33. The van der Waals surface area contributed by atoms with E-state index in [1.54, 1.807) is 0 Å². The Hall–Kier alpha value is -0.0800. The molecule has 0 aromatic heterocycles. The van der Waals surface area contributed by atoms with Gasteiger partial charge in [0.1, 0.15) is 0 Å². The van der Waals surface area contributed by atoms with Crippen LogP contribution in [0.4, 0.5) is 0 Å². The molecule has 4 atom stereocenters. The zero-order valence-corrected chi connectivity index (χ0v) is 11.9. The van der Waals surface area contributed by atoms with E-state index in [4.69, 9.17) is 0 Å². The maximum absolute atomic E-state index is 3.64. The van der Waals surface area contributed by atoms with Crippen molar-refractivity contribution in [1.82, 2.24) is 10.2 Å². The van der Waals surface area contributed by atoms with Crippen molar-refractivity contribution >= 4 is 0 Å². The minimum Gasteiger partial charge on any atom is -0.311 e. The summed E-state index contributed by atoms with van der Waals surface area (Å²) in [5.74, 6) is 0.900. The average molecular weight is 238 g/mol. The smallest absolute Gasteiger partial charge is 0.0221 e. The number of nitrogens with zero attached hydrogens (tertiary/aromatic N) is 1. The van der Waals surface area contributed by atoms with E-state index in [0.29, 0.717) is 6.04 Å². The predicted octanol–water partition coefficient (Wildman–Crippen LogP) is 3.03. The lowest BCUT2D eigenvalue weighted by Gasteiger charge is -2.45. The van der Waals surface area contributed by atoms with Crippen LogP contribution in [0.3, 0.4) is 0 Å². The molecule has 1 aliphatic carbocycles. The van der Waals surface area contributed by atoms with Gasteiger partial charge in [-0.2, -0.15) is 0 Å². The molecule has 0 bridgehead atoms. The second-order valence-corrected chi connectivity index (χ2v) is 6.25. The van der Waals surface area contributed by atoms with Crippen LogP contribution < -0.4 is 5.32 Å². The van der Waals surface area contributed by atoms with Gasteiger partial charge in [0.2, 0.25) is 0 Å². The fraction of sp³-hybridized carbons (Fsp3) is 1.00. The molecule has 1 aliphatic heterocycles. The highest BCUT2D eigenvalue weighted by molar-refractivity contribution is 4.90. The summed E-state index contributed by atoms with van der Waals surface area (Å²) in [6.07, 6.45) is 8.53. The van der Waals surface area contributed by atoms with Gasteiger partial charge in [0.25, 0.3) is 0 Å². The Kier molecular flexibility index (Phi) is 4.87. The number of hydrogen-bond donors (Lipinski definition) is 1. The van der Waals surface area contributed by atoms with Crippen molar-refractivity contribution < 1.29 is 0 Å². The SMILES string of the molecule is CCC1CNC(C)CN1C1CCCCCC1C. The molecule has 2 heteroatoms. The number of nitrogens with one attached hydrogen (secondary N) is 1. The van der Waals surface area contributed by atoms with E-state index in [1.165, 1.54) is 51.6 Å². The summed E-state index contributed by atoms with van der Waals surface area (Å²) < 4.78 is 0. The molecule has 4 unspecified atom stereocenters. The van der Waals surface area contributed by atoms with Crippen LogP contribution >= 0.6 is 0 Å². The van der Waals surface area contributed by atoms with Gasteiger partial charge < -0.3 is 5.32 Å². The second-order valence-electron chi connectivity index (χ2n) is 6.25. The standard InChI is InChI=1S/C15H30N2/c1-4-14-10-16-13(3)11-17(14)15-9-7-5-6-8-12(15)2/h12-16H,4-11H2,1-3H3. The van der Waals surface area contributed by atoms with Gasteiger partial charge in [-0.25, -0.2) is 0 Å². The van der Waals surface area contributed by atoms with E-state index in [1.807, 2.05) is 0 Å². The molecule has 2 fully saturated rings. The highest BCUT2D eigenvalue weighted by Crippen LogP contribution is 2.29. The van der Waals surface area contributed by atoms with E-state index < -0.39 is 0 Å². The van der Waals surface area contributed by atoms with Gasteiger partial charge in [-0.3, -0.25) is 4.90 Å². The van der Waals surface area contributed by atoms with Gasteiger partial charge in [0, 0.05) is 31.2 Å². The van der Waals surface area contributed by atoms with Crippen molar-refractivity contribution in [3.63, 3.8) is 0 Å². The third-order valence-corrected chi connectivity index (χ3v) is 4.87. The van der Waals surface area contributed by atoms with Gasteiger partial charge in [-0.05, 0) is 32.1 Å². The monoisotopic (exact) mass is 238 g/mol. The highest BCUT2D eigenvalue weighted by atomic mass is 15.3. The van der Waals surface area contributed by atoms with Crippen molar-refractivity contribution in [1.29, 1.82) is 0 Å². The first-order valence-electron chi connectivity index (χ1n) is 7.71. The minimum absolute atomic E-state index is 0.674. The van der Waals surface area contributed by atoms with Gasteiger partial charge in [0.15, 0.2) is 0 Å². The maximum Gasteiger partial charge on any atom is 0.0221 e. The first-order valence-corrected chi connectivity index (χ1v) is 7.71. The van der Waals surface area contributed by atoms with Crippen LogP contribution in [0.25, 0.3) is 0 Å². The molecule has 2 aliphatic rings. The van der Waals surface area contributed by atoms with E-state index in [0.717, 1.165) is 18.0 Å². The van der Waals surface area contributed by atoms with Crippen LogP contribution in [0.1, 0.15) is 59.3 Å². The average Bonchev–Trinajstić information content (AvgIpc) is 2.54. The first-order chi connectivity index (χ1) is 8.22. The van der Waals surface area contributed by atoms with Crippen molar-refractivity contribution in [3.8, 4) is 0 Å². The molecule has 1 N–H and O–H groups in total. The lowest BCUT2D eigenvalue weighted by atomic mass is 9.92. The van der Waals surface area contributed by atoms with Crippen LogP contribution in [0.5, 0.6) is 0 Å². The molecule has 0 aromatic rings. The molecule has 2 rings (SSSR count). The summed E-state index contributed by atoms with van der Waals surface area (Å²) in [5, 5.41) is 3.64. The fourth-order valence-electron chi connectivity index (χ4n) is 3.74. The fourth-order valence-corrected chi connectivity index (χ4v) is 3.74. The number of piperazine rings is 1. The minimum atomic E-state index is 0.674. The molecule has 0 radical (unpaired) electrons. The van der Waals surface area contributed by atoms with Crippen molar-refractivity contribution in [2.75, 3.05) is 13.1 Å². The normalized spacial score (nSPS) is 41.1. The van der Waals surface area contributed by atoms with E-state index in [2.05, 4.69) is 31.0 Å². The maximum atomic E-state index is 3.64. The third-order valence-electron chi connectivity index (χ3n) is 4.87. The summed E-state index contributed by atoms with van der Waals surface area (Å²) in [7, 11) is 0. The van der Waals surface area contributed by atoms with E-state index in [-0.39, 0.29) is 0 Å². The molecule has 0 amide bonds. The Morgan fingerprint density at radius 3 is 2.65 bits per heavy atom. The number of rotatable bonds is 2. The molecule has 0 aromatic carbocycles. The van der Waals surface area contributed by atoms with Crippen molar-refractivity contribution in [2.24, 2.45) is 5.92 Å². The molecular formula is C15H30N2. The van der Waals surface area contributed by atoms with Crippen LogP contribution in [0.15, 0.2) is 0 Å². The van der Waals surface area contributed by atoms with Crippen LogP contribution in [0, 0.1) is 5.92 Å². The molecule has 1 saturated carbocycles. The van der Waals surface area contributed by atoms with Crippen LogP contribution in [-0.2, 0) is 0 Å². The van der Waals surface area contributed by atoms with Crippen molar-refractivity contribution in [3.05, 3.63) is 0 Å². The van der Waals surface area contributed by atoms with E-state index in [9.17, 15) is 0 Å².